The third-order valence-corrected chi connectivity index (χ3v) is 5.25. The summed E-state index contributed by atoms with van der Waals surface area (Å²) in [5.74, 6) is 1.15. The van der Waals surface area contributed by atoms with Crippen molar-refractivity contribution in [2.75, 3.05) is 0 Å². The lowest BCUT2D eigenvalue weighted by Crippen LogP contribution is -2.36. The summed E-state index contributed by atoms with van der Waals surface area (Å²) >= 11 is 1.74. The lowest BCUT2D eigenvalue weighted by Gasteiger charge is -2.36. The number of nitrogens with zero attached hydrogens (tertiary/aromatic N) is 4. The molecule has 0 aliphatic carbocycles. The summed E-state index contributed by atoms with van der Waals surface area (Å²) in [4.78, 5) is 12.7. The third kappa shape index (κ3) is 2.46. The number of aryl methyl sites for hydroxylation is 1. The van der Waals surface area contributed by atoms with Crippen LogP contribution in [0.25, 0.3) is 0 Å². The molecule has 0 spiro atoms. The smallest absolute Gasteiger partial charge is 0.122 e. The van der Waals surface area contributed by atoms with Gasteiger partial charge in [0.2, 0.25) is 0 Å². The second-order valence-electron chi connectivity index (χ2n) is 5.69. The standard InChI is InChI=1S/C17H18N4S/c1-13-16(22-12-19-13)10-21-11-17-18-7-8-20(17)9-15(21)14-5-3-2-4-6-14/h2-8,12,15H,9-11H2,1H3/t15-/m0/s1. The van der Waals surface area contributed by atoms with E-state index in [4.69, 9.17) is 0 Å². The van der Waals surface area contributed by atoms with Crippen molar-refractivity contribution in [3.8, 4) is 0 Å². The number of aromatic nitrogens is 3. The quantitative estimate of drug-likeness (QED) is 0.743. The van der Waals surface area contributed by atoms with Crippen molar-refractivity contribution in [2.45, 2.75) is 32.6 Å². The Hall–Kier alpha value is -1.98. The first-order valence-electron chi connectivity index (χ1n) is 7.49. The number of benzene rings is 1. The molecule has 112 valence electrons. The van der Waals surface area contributed by atoms with Crippen LogP contribution < -0.4 is 0 Å². The fourth-order valence-electron chi connectivity index (χ4n) is 3.07. The maximum absolute atomic E-state index is 4.50. The first kappa shape index (κ1) is 13.7. The van der Waals surface area contributed by atoms with Crippen LogP contribution in [0.2, 0.25) is 0 Å². The summed E-state index contributed by atoms with van der Waals surface area (Å²) in [6.45, 7) is 4.86. The van der Waals surface area contributed by atoms with Gasteiger partial charge in [-0.3, -0.25) is 4.90 Å². The molecule has 1 aliphatic heterocycles. The van der Waals surface area contributed by atoms with E-state index in [-0.39, 0.29) is 0 Å². The first-order valence-corrected chi connectivity index (χ1v) is 8.37. The lowest BCUT2D eigenvalue weighted by molar-refractivity contribution is 0.129. The summed E-state index contributed by atoms with van der Waals surface area (Å²) in [5.41, 5.74) is 4.45. The molecule has 0 amide bonds. The second kappa shape index (κ2) is 5.66. The van der Waals surface area contributed by atoms with Gasteiger partial charge in [0, 0.05) is 30.4 Å². The van der Waals surface area contributed by atoms with E-state index < -0.39 is 0 Å². The molecule has 0 unspecified atom stereocenters. The van der Waals surface area contributed by atoms with Crippen LogP contribution in [0, 0.1) is 6.92 Å². The van der Waals surface area contributed by atoms with Crippen LogP contribution in [-0.2, 0) is 19.6 Å². The number of rotatable bonds is 3. The molecule has 0 N–H and O–H groups in total. The summed E-state index contributed by atoms with van der Waals surface area (Å²) in [6, 6.07) is 11.1. The van der Waals surface area contributed by atoms with Crippen LogP contribution >= 0.6 is 11.3 Å². The van der Waals surface area contributed by atoms with Gasteiger partial charge in [0.25, 0.3) is 0 Å². The molecule has 1 atom stereocenters. The highest BCUT2D eigenvalue weighted by molar-refractivity contribution is 7.09. The molecule has 0 bridgehead atoms. The predicted molar refractivity (Wildman–Crippen MR) is 87.5 cm³/mol. The van der Waals surface area contributed by atoms with E-state index in [1.807, 2.05) is 11.7 Å². The van der Waals surface area contributed by atoms with Gasteiger partial charge in [0.15, 0.2) is 0 Å². The molecule has 0 fully saturated rings. The van der Waals surface area contributed by atoms with Crippen molar-refractivity contribution < 1.29 is 0 Å². The summed E-state index contributed by atoms with van der Waals surface area (Å²) in [6.07, 6.45) is 3.99. The predicted octanol–water partition coefficient (Wildman–Crippen LogP) is 3.41. The van der Waals surface area contributed by atoms with E-state index in [1.54, 1.807) is 11.3 Å². The topological polar surface area (TPSA) is 34.0 Å². The molecule has 4 nitrogen and oxygen atoms in total. The summed E-state index contributed by atoms with van der Waals surface area (Å²) in [5, 5.41) is 0. The zero-order valence-electron chi connectivity index (χ0n) is 12.5. The Morgan fingerprint density at radius 1 is 1.23 bits per heavy atom. The van der Waals surface area contributed by atoms with E-state index in [0.29, 0.717) is 6.04 Å². The highest BCUT2D eigenvalue weighted by atomic mass is 32.1. The Labute approximate surface area is 134 Å². The maximum atomic E-state index is 4.50. The van der Waals surface area contributed by atoms with Crippen molar-refractivity contribution in [1.29, 1.82) is 0 Å². The number of fused-ring (bicyclic) bond motifs is 1. The monoisotopic (exact) mass is 310 g/mol. The minimum atomic E-state index is 0.379. The SMILES string of the molecule is Cc1ncsc1CN1Cc2nccn2C[C@H]1c1ccccc1. The number of hydrogen-bond donors (Lipinski definition) is 0. The average Bonchev–Trinajstić information content (AvgIpc) is 3.16. The average molecular weight is 310 g/mol. The highest BCUT2D eigenvalue weighted by Crippen LogP contribution is 2.31. The molecular formula is C17H18N4S. The summed E-state index contributed by atoms with van der Waals surface area (Å²) in [7, 11) is 0. The van der Waals surface area contributed by atoms with Crippen molar-refractivity contribution in [1.82, 2.24) is 19.4 Å². The van der Waals surface area contributed by atoms with Gasteiger partial charge in [-0.25, -0.2) is 9.97 Å². The van der Waals surface area contributed by atoms with Crippen molar-refractivity contribution in [2.24, 2.45) is 0 Å². The Bertz CT molecular complexity index is 762. The van der Waals surface area contributed by atoms with Gasteiger partial charge in [-0.05, 0) is 12.5 Å². The molecule has 4 rings (SSSR count). The molecule has 22 heavy (non-hydrogen) atoms. The Balaban J connectivity index is 1.68. The molecule has 1 aliphatic rings. The van der Waals surface area contributed by atoms with Gasteiger partial charge in [0.1, 0.15) is 5.82 Å². The van der Waals surface area contributed by atoms with Gasteiger partial charge in [-0.15, -0.1) is 11.3 Å². The van der Waals surface area contributed by atoms with Crippen LogP contribution in [-0.4, -0.2) is 19.4 Å². The highest BCUT2D eigenvalue weighted by Gasteiger charge is 2.28. The van der Waals surface area contributed by atoms with Gasteiger partial charge < -0.3 is 4.57 Å². The van der Waals surface area contributed by atoms with Crippen LogP contribution in [0.3, 0.4) is 0 Å². The second-order valence-corrected chi connectivity index (χ2v) is 6.63. The van der Waals surface area contributed by atoms with Gasteiger partial charge in [-0.1, -0.05) is 30.3 Å². The van der Waals surface area contributed by atoms with E-state index >= 15 is 0 Å². The largest absolute Gasteiger partial charge is 0.332 e. The minimum absolute atomic E-state index is 0.379. The minimum Gasteiger partial charge on any atom is -0.332 e. The third-order valence-electron chi connectivity index (χ3n) is 4.33. The van der Waals surface area contributed by atoms with E-state index in [0.717, 1.165) is 31.2 Å². The van der Waals surface area contributed by atoms with Crippen LogP contribution in [0.1, 0.15) is 28.0 Å². The van der Waals surface area contributed by atoms with Crippen LogP contribution in [0.5, 0.6) is 0 Å². The Morgan fingerprint density at radius 2 is 2.09 bits per heavy atom. The van der Waals surface area contributed by atoms with E-state index in [9.17, 15) is 0 Å². The zero-order chi connectivity index (χ0) is 14.9. The van der Waals surface area contributed by atoms with E-state index in [1.165, 1.54) is 10.4 Å². The molecule has 0 saturated carbocycles. The van der Waals surface area contributed by atoms with Gasteiger partial charge in [-0.2, -0.15) is 0 Å². The normalized spacial score (nSPS) is 18.3. The number of hydrogen-bond acceptors (Lipinski definition) is 4. The summed E-state index contributed by atoms with van der Waals surface area (Å²) < 4.78 is 2.27. The Kier molecular flexibility index (Phi) is 3.52. The first-order chi connectivity index (χ1) is 10.8. The van der Waals surface area contributed by atoms with Crippen molar-refractivity contribution in [3.05, 3.63) is 70.2 Å². The molecule has 0 saturated heterocycles. The lowest BCUT2D eigenvalue weighted by atomic mass is 10.0. The number of imidazole rings is 1. The fraction of sp³-hybridized carbons (Fsp3) is 0.294. The zero-order valence-corrected chi connectivity index (χ0v) is 13.3. The molecular weight excluding hydrogens is 292 g/mol. The van der Waals surface area contributed by atoms with Gasteiger partial charge in [0.05, 0.1) is 23.8 Å². The molecule has 3 aromatic rings. The maximum Gasteiger partial charge on any atom is 0.122 e. The van der Waals surface area contributed by atoms with Crippen LogP contribution in [0.15, 0.2) is 48.2 Å². The van der Waals surface area contributed by atoms with Gasteiger partial charge >= 0.3 is 0 Å². The van der Waals surface area contributed by atoms with Crippen molar-refractivity contribution in [3.63, 3.8) is 0 Å². The fourth-order valence-corrected chi connectivity index (χ4v) is 3.87. The molecule has 3 heterocycles. The van der Waals surface area contributed by atoms with Crippen molar-refractivity contribution >= 4 is 11.3 Å². The molecule has 0 radical (unpaired) electrons. The number of thiazole rings is 1. The molecule has 5 heteroatoms. The molecule has 2 aromatic heterocycles. The van der Waals surface area contributed by atoms with E-state index in [2.05, 4.69) is 62.9 Å². The Morgan fingerprint density at radius 3 is 2.86 bits per heavy atom. The van der Waals surface area contributed by atoms with Crippen LogP contribution in [0.4, 0.5) is 0 Å². The molecule has 1 aromatic carbocycles.